The Morgan fingerprint density at radius 3 is 2.43 bits per heavy atom. The van der Waals surface area contributed by atoms with Gasteiger partial charge >= 0.3 is 0 Å². The van der Waals surface area contributed by atoms with Crippen molar-refractivity contribution >= 4 is 11.8 Å². The summed E-state index contributed by atoms with van der Waals surface area (Å²) < 4.78 is 0. The van der Waals surface area contributed by atoms with Gasteiger partial charge in [-0.2, -0.15) is 0 Å². The second-order valence-electron chi connectivity index (χ2n) is 8.83. The molecule has 3 heterocycles. The van der Waals surface area contributed by atoms with E-state index in [0.29, 0.717) is 18.7 Å². The Morgan fingerprint density at radius 1 is 1.07 bits per heavy atom. The number of aliphatic hydroxyl groups is 1. The standard InChI is InChI=1S/C24H27N3O3/c28-14-20-21(17-7-2-1-3-8-17)24(27(20)23(30)19-11-6-12-25-13-19)15-26(16-24)22(29)18-9-4-5-10-18/h1-3,6-8,11-13,18,20-21,28H,4-5,9-10,14-16H2/t20-,21-/m0/s1. The molecule has 1 spiro atoms. The second kappa shape index (κ2) is 7.51. The third kappa shape index (κ3) is 2.85. The van der Waals surface area contributed by atoms with Crippen LogP contribution in [0.4, 0.5) is 0 Å². The Hall–Kier alpha value is -2.73. The number of hydrogen-bond acceptors (Lipinski definition) is 4. The molecule has 156 valence electrons. The quantitative estimate of drug-likeness (QED) is 0.848. The maximum absolute atomic E-state index is 13.4. The molecule has 2 amide bonds. The minimum absolute atomic E-state index is 0.0111. The maximum atomic E-state index is 13.4. The smallest absolute Gasteiger partial charge is 0.256 e. The van der Waals surface area contributed by atoms with Gasteiger partial charge in [-0.25, -0.2) is 0 Å². The predicted octanol–water partition coefficient (Wildman–Crippen LogP) is 2.45. The van der Waals surface area contributed by atoms with E-state index in [4.69, 9.17) is 0 Å². The fourth-order valence-electron chi connectivity index (χ4n) is 5.82. The van der Waals surface area contributed by atoms with E-state index in [0.717, 1.165) is 31.2 Å². The summed E-state index contributed by atoms with van der Waals surface area (Å²) in [4.78, 5) is 34.2. The van der Waals surface area contributed by atoms with Crippen molar-refractivity contribution in [1.29, 1.82) is 0 Å². The summed E-state index contributed by atoms with van der Waals surface area (Å²) in [5, 5.41) is 10.2. The van der Waals surface area contributed by atoms with Crippen molar-refractivity contribution in [2.24, 2.45) is 5.92 Å². The van der Waals surface area contributed by atoms with Crippen LogP contribution in [-0.2, 0) is 4.79 Å². The normalized spacial score (nSPS) is 25.1. The molecule has 2 saturated heterocycles. The highest BCUT2D eigenvalue weighted by Crippen LogP contribution is 2.54. The van der Waals surface area contributed by atoms with E-state index >= 15 is 0 Å². The van der Waals surface area contributed by atoms with E-state index in [1.807, 2.05) is 28.0 Å². The first-order valence-corrected chi connectivity index (χ1v) is 10.8. The molecule has 3 aliphatic rings. The third-order valence-corrected chi connectivity index (χ3v) is 7.19. The summed E-state index contributed by atoms with van der Waals surface area (Å²) in [5.74, 6) is 0.249. The molecule has 1 aliphatic carbocycles. The summed E-state index contributed by atoms with van der Waals surface area (Å²) in [7, 11) is 0. The van der Waals surface area contributed by atoms with E-state index in [1.165, 1.54) is 0 Å². The molecule has 3 fully saturated rings. The highest BCUT2D eigenvalue weighted by atomic mass is 16.3. The molecule has 5 rings (SSSR count). The molecule has 6 heteroatoms. The van der Waals surface area contributed by atoms with Gasteiger partial charge in [0.05, 0.1) is 23.8 Å². The number of aliphatic hydroxyl groups excluding tert-OH is 1. The Labute approximate surface area is 176 Å². The van der Waals surface area contributed by atoms with Crippen LogP contribution in [0.3, 0.4) is 0 Å². The first kappa shape index (κ1) is 19.2. The Bertz CT molecular complexity index is 921. The van der Waals surface area contributed by atoms with E-state index in [-0.39, 0.29) is 36.3 Å². The molecular formula is C24H27N3O3. The molecule has 6 nitrogen and oxygen atoms in total. The average Bonchev–Trinajstić information content (AvgIpc) is 3.28. The number of rotatable bonds is 4. The number of aromatic nitrogens is 1. The van der Waals surface area contributed by atoms with Gasteiger partial charge in [-0.1, -0.05) is 43.2 Å². The molecule has 0 bridgehead atoms. The lowest BCUT2D eigenvalue weighted by Gasteiger charge is -2.70. The zero-order valence-corrected chi connectivity index (χ0v) is 17.0. The van der Waals surface area contributed by atoms with Crippen LogP contribution < -0.4 is 0 Å². The number of amides is 2. The van der Waals surface area contributed by atoms with E-state index in [1.54, 1.807) is 24.5 Å². The molecule has 1 saturated carbocycles. The monoisotopic (exact) mass is 405 g/mol. The van der Waals surface area contributed by atoms with E-state index in [2.05, 4.69) is 17.1 Å². The van der Waals surface area contributed by atoms with Crippen molar-refractivity contribution in [2.75, 3.05) is 19.7 Å². The van der Waals surface area contributed by atoms with Gasteiger partial charge in [-0.05, 0) is 30.5 Å². The fourth-order valence-corrected chi connectivity index (χ4v) is 5.82. The van der Waals surface area contributed by atoms with Crippen molar-refractivity contribution in [3.8, 4) is 0 Å². The molecule has 2 aromatic rings. The third-order valence-electron chi connectivity index (χ3n) is 7.19. The van der Waals surface area contributed by atoms with Crippen LogP contribution in [0.2, 0.25) is 0 Å². The Balaban J connectivity index is 1.45. The minimum Gasteiger partial charge on any atom is -0.394 e. The lowest BCUT2D eigenvalue weighted by molar-refractivity contribution is -0.181. The summed E-state index contributed by atoms with van der Waals surface area (Å²) in [6.45, 7) is 0.957. The van der Waals surface area contributed by atoms with Gasteiger partial charge in [0.1, 0.15) is 0 Å². The number of carbonyl (C=O) groups excluding carboxylic acids is 2. The van der Waals surface area contributed by atoms with Crippen LogP contribution in [0.15, 0.2) is 54.9 Å². The van der Waals surface area contributed by atoms with Gasteiger partial charge in [0.25, 0.3) is 5.91 Å². The van der Waals surface area contributed by atoms with Gasteiger partial charge in [0.15, 0.2) is 0 Å². The first-order chi connectivity index (χ1) is 14.7. The first-order valence-electron chi connectivity index (χ1n) is 10.8. The van der Waals surface area contributed by atoms with Gasteiger partial charge < -0.3 is 14.9 Å². The second-order valence-corrected chi connectivity index (χ2v) is 8.83. The molecule has 30 heavy (non-hydrogen) atoms. The van der Waals surface area contributed by atoms with Crippen LogP contribution in [0.25, 0.3) is 0 Å². The summed E-state index contributed by atoms with van der Waals surface area (Å²) >= 11 is 0. The van der Waals surface area contributed by atoms with Crippen molar-refractivity contribution in [3.05, 3.63) is 66.0 Å². The number of hydrogen-bond donors (Lipinski definition) is 1. The highest BCUT2D eigenvalue weighted by Gasteiger charge is 2.68. The number of benzene rings is 1. The molecule has 2 atom stereocenters. The molecule has 1 aromatic heterocycles. The number of nitrogens with zero attached hydrogens (tertiary/aromatic N) is 3. The zero-order chi connectivity index (χ0) is 20.7. The van der Waals surface area contributed by atoms with E-state index < -0.39 is 5.54 Å². The number of pyridine rings is 1. The van der Waals surface area contributed by atoms with Crippen LogP contribution >= 0.6 is 0 Å². The fraction of sp³-hybridized carbons (Fsp3) is 0.458. The molecule has 1 aromatic carbocycles. The summed E-state index contributed by atoms with van der Waals surface area (Å²) in [6.07, 6.45) is 7.41. The molecule has 2 aliphatic heterocycles. The van der Waals surface area contributed by atoms with Crippen molar-refractivity contribution in [2.45, 2.75) is 43.2 Å². The molecule has 0 unspecified atom stereocenters. The van der Waals surface area contributed by atoms with Crippen LogP contribution in [0.1, 0.15) is 47.5 Å². The highest BCUT2D eigenvalue weighted by molar-refractivity contribution is 5.96. The average molecular weight is 405 g/mol. The van der Waals surface area contributed by atoms with Gasteiger partial charge in [0.2, 0.25) is 5.91 Å². The Kier molecular flexibility index (Phi) is 4.82. The number of carbonyl (C=O) groups is 2. The largest absolute Gasteiger partial charge is 0.394 e. The topological polar surface area (TPSA) is 73.7 Å². The van der Waals surface area contributed by atoms with E-state index in [9.17, 15) is 14.7 Å². The van der Waals surface area contributed by atoms with Gasteiger partial charge in [-0.3, -0.25) is 14.6 Å². The number of likely N-dealkylation sites (tertiary alicyclic amines) is 2. The van der Waals surface area contributed by atoms with Crippen LogP contribution in [0, 0.1) is 5.92 Å². The van der Waals surface area contributed by atoms with Crippen LogP contribution in [0.5, 0.6) is 0 Å². The molecule has 0 radical (unpaired) electrons. The predicted molar refractivity (Wildman–Crippen MR) is 112 cm³/mol. The summed E-state index contributed by atoms with van der Waals surface area (Å²) in [5.41, 5.74) is 1.16. The summed E-state index contributed by atoms with van der Waals surface area (Å²) in [6, 6.07) is 13.3. The zero-order valence-electron chi connectivity index (χ0n) is 17.0. The van der Waals surface area contributed by atoms with Gasteiger partial charge in [-0.15, -0.1) is 0 Å². The van der Waals surface area contributed by atoms with Gasteiger partial charge in [0, 0.05) is 37.3 Å². The Morgan fingerprint density at radius 2 is 1.80 bits per heavy atom. The molecule has 1 N–H and O–H groups in total. The minimum atomic E-state index is -0.462. The lowest BCUT2D eigenvalue weighted by atomic mass is 9.60. The lowest BCUT2D eigenvalue weighted by Crippen LogP contribution is -2.86. The maximum Gasteiger partial charge on any atom is 0.256 e. The SMILES string of the molecule is O=C(C1CCCC1)N1CC2(C1)[C@@H](c1ccccc1)[C@H](CO)N2C(=O)c1cccnc1. The van der Waals surface area contributed by atoms with Crippen molar-refractivity contribution < 1.29 is 14.7 Å². The van der Waals surface area contributed by atoms with Crippen molar-refractivity contribution in [1.82, 2.24) is 14.8 Å². The van der Waals surface area contributed by atoms with Crippen LogP contribution in [-0.4, -0.2) is 63.0 Å². The molecular weight excluding hydrogens is 378 g/mol. The van der Waals surface area contributed by atoms with Crippen molar-refractivity contribution in [3.63, 3.8) is 0 Å².